The number of aliphatic carboxylic acids is 1. The molecule has 0 fully saturated rings. The first-order valence-corrected chi connectivity index (χ1v) is 9.50. The summed E-state index contributed by atoms with van der Waals surface area (Å²) in [5, 5.41) is 23.4. The van der Waals surface area contributed by atoms with Crippen molar-refractivity contribution in [2.75, 3.05) is 6.61 Å². The van der Waals surface area contributed by atoms with Crippen LogP contribution >= 0.6 is 0 Å². The van der Waals surface area contributed by atoms with Crippen LogP contribution in [0.2, 0.25) is 0 Å². The second-order valence-electron chi connectivity index (χ2n) is 7.37. The minimum absolute atomic E-state index is 0.00615. The molecular formula is C20H29N3O7. The van der Waals surface area contributed by atoms with Crippen molar-refractivity contribution in [2.24, 2.45) is 11.7 Å². The van der Waals surface area contributed by atoms with Gasteiger partial charge in [0.15, 0.2) is 0 Å². The second kappa shape index (κ2) is 11.8. The smallest absolute Gasteiger partial charge is 0.326 e. The maximum absolute atomic E-state index is 12.6. The first-order valence-electron chi connectivity index (χ1n) is 9.50. The fraction of sp³-hybridized carbons (Fsp3) is 0.500. The van der Waals surface area contributed by atoms with Gasteiger partial charge in [0.1, 0.15) is 24.4 Å². The number of carbonyl (C=O) groups is 4. The standard InChI is InChI=1S/C20H29N3O7/c1-11(2)8-16(20(28)29)22-19(27)17(10-30-12(3)24)23-18(26)15(21)9-13-4-6-14(25)7-5-13/h4-7,11,15-17,25H,8-10,21H2,1-3H3,(H,22,27)(H,23,26)(H,28,29)/t15-,16-,17-/m0/s1. The molecule has 1 rings (SSSR count). The monoisotopic (exact) mass is 423 g/mol. The summed E-state index contributed by atoms with van der Waals surface area (Å²) in [6.07, 6.45) is 0.328. The van der Waals surface area contributed by atoms with Gasteiger partial charge < -0.3 is 31.3 Å². The predicted octanol–water partition coefficient (Wildman–Crippen LogP) is -0.0746. The molecule has 0 heterocycles. The number of rotatable bonds is 11. The van der Waals surface area contributed by atoms with Crippen molar-refractivity contribution in [1.29, 1.82) is 0 Å². The van der Waals surface area contributed by atoms with E-state index in [0.717, 1.165) is 6.92 Å². The molecule has 0 saturated carbocycles. The van der Waals surface area contributed by atoms with E-state index in [9.17, 15) is 29.4 Å². The van der Waals surface area contributed by atoms with E-state index < -0.39 is 48.5 Å². The van der Waals surface area contributed by atoms with Crippen molar-refractivity contribution in [3.63, 3.8) is 0 Å². The van der Waals surface area contributed by atoms with Crippen LogP contribution in [0.5, 0.6) is 5.75 Å². The lowest BCUT2D eigenvalue weighted by Crippen LogP contribution is -2.56. The van der Waals surface area contributed by atoms with Crippen molar-refractivity contribution < 1.29 is 34.1 Å². The number of amides is 2. The fourth-order valence-corrected chi connectivity index (χ4v) is 2.61. The van der Waals surface area contributed by atoms with Crippen molar-refractivity contribution in [3.8, 4) is 5.75 Å². The molecule has 166 valence electrons. The van der Waals surface area contributed by atoms with E-state index >= 15 is 0 Å². The Bertz CT molecular complexity index is 749. The van der Waals surface area contributed by atoms with E-state index in [0.29, 0.717) is 5.56 Å². The number of nitrogens with one attached hydrogen (secondary N) is 2. The van der Waals surface area contributed by atoms with Crippen LogP contribution in [0.25, 0.3) is 0 Å². The van der Waals surface area contributed by atoms with E-state index in [4.69, 9.17) is 10.5 Å². The lowest BCUT2D eigenvalue weighted by Gasteiger charge is -2.23. The zero-order chi connectivity index (χ0) is 22.8. The molecule has 0 saturated heterocycles. The Morgan fingerprint density at radius 2 is 1.60 bits per heavy atom. The summed E-state index contributed by atoms with van der Waals surface area (Å²) < 4.78 is 4.83. The van der Waals surface area contributed by atoms with Gasteiger partial charge >= 0.3 is 11.9 Å². The normalized spacial score (nSPS) is 13.8. The maximum atomic E-state index is 12.6. The summed E-state index contributed by atoms with van der Waals surface area (Å²) in [4.78, 5) is 47.5. The number of esters is 1. The molecular weight excluding hydrogens is 394 g/mol. The highest BCUT2D eigenvalue weighted by Gasteiger charge is 2.29. The zero-order valence-electron chi connectivity index (χ0n) is 17.3. The average molecular weight is 423 g/mol. The Labute approximate surface area is 174 Å². The van der Waals surface area contributed by atoms with E-state index in [2.05, 4.69) is 10.6 Å². The number of aromatic hydroxyl groups is 1. The van der Waals surface area contributed by atoms with Gasteiger partial charge in [-0.1, -0.05) is 26.0 Å². The fourth-order valence-electron chi connectivity index (χ4n) is 2.61. The lowest BCUT2D eigenvalue weighted by molar-refractivity contribution is -0.146. The number of nitrogens with two attached hydrogens (primary N) is 1. The Kier molecular flexibility index (Phi) is 9.76. The van der Waals surface area contributed by atoms with Gasteiger partial charge in [0.25, 0.3) is 0 Å². The van der Waals surface area contributed by atoms with Crippen molar-refractivity contribution in [2.45, 2.75) is 51.7 Å². The van der Waals surface area contributed by atoms with E-state index in [-0.39, 0.29) is 24.5 Å². The number of hydrogen-bond donors (Lipinski definition) is 5. The number of carboxylic acid groups (broad SMARTS) is 1. The minimum atomic E-state index is -1.30. The van der Waals surface area contributed by atoms with E-state index in [1.165, 1.54) is 12.1 Å². The van der Waals surface area contributed by atoms with Crippen LogP contribution in [-0.2, 0) is 30.3 Å². The molecule has 0 aliphatic rings. The van der Waals surface area contributed by atoms with Crippen molar-refractivity contribution >= 4 is 23.8 Å². The summed E-state index contributed by atoms with van der Waals surface area (Å²) in [5.41, 5.74) is 6.59. The Morgan fingerprint density at radius 1 is 1.03 bits per heavy atom. The second-order valence-corrected chi connectivity index (χ2v) is 7.37. The maximum Gasteiger partial charge on any atom is 0.326 e. The summed E-state index contributed by atoms with van der Waals surface area (Å²) in [6.45, 7) is 4.30. The van der Waals surface area contributed by atoms with E-state index in [1.807, 2.05) is 13.8 Å². The predicted molar refractivity (Wildman–Crippen MR) is 107 cm³/mol. The molecule has 1 aromatic rings. The number of carboxylic acids is 1. The Morgan fingerprint density at radius 3 is 2.10 bits per heavy atom. The van der Waals surface area contributed by atoms with Crippen molar-refractivity contribution in [3.05, 3.63) is 29.8 Å². The third kappa shape index (κ3) is 8.91. The molecule has 0 aromatic heterocycles. The molecule has 30 heavy (non-hydrogen) atoms. The van der Waals surface area contributed by atoms with Gasteiger partial charge in [0.05, 0.1) is 6.04 Å². The van der Waals surface area contributed by atoms with Crippen LogP contribution < -0.4 is 16.4 Å². The topological polar surface area (TPSA) is 168 Å². The number of ether oxygens (including phenoxy) is 1. The quantitative estimate of drug-likeness (QED) is 0.308. The summed E-state index contributed by atoms with van der Waals surface area (Å²) in [7, 11) is 0. The highest BCUT2D eigenvalue weighted by atomic mass is 16.5. The number of benzene rings is 1. The lowest BCUT2D eigenvalue weighted by atomic mass is 10.0. The highest BCUT2D eigenvalue weighted by molar-refractivity contribution is 5.92. The van der Waals surface area contributed by atoms with Gasteiger partial charge in [-0.15, -0.1) is 0 Å². The third-order valence-corrected chi connectivity index (χ3v) is 4.14. The van der Waals surface area contributed by atoms with Crippen LogP contribution in [0.4, 0.5) is 0 Å². The first-order chi connectivity index (χ1) is 14.0. The van der Waals surface area contributed by atoms with E-state index in [1.54, 1.807) is 12.1 Å². The Balaban J connectivity index is 2.83. The third-order valence-electron chi connectivity index (χ3n) is 4.14. The highest BCUT2D eigenvalue weighted by Crippen LogP contribution is 2.11. The molecule has 1 aromatic carbocycles. The molecule has 3 atom stereocenters. The van der Waals surface area contributed by atoms with Crippen LogP contribution in [-0.4, -0.2) is 58.7 Å². The molecule has 0 unspecified atom stereocenters. The molecule has 6 N–H and O–H groups in total. The molecule has 0 bridgehead atoms. The minimum Gasteiger partial charge on any atom is -0.508 e. The molecule has 0 aliphatic heterocycles. The molecule has 0 aliphatic carbocycles. The number of phenolic OH excluding ortho intramolecular Hbond substituents is 1. The van der Waals surface area contributed by atoms with Gasteiger partial charge in [-0.25, -0.2) is 4.79 Å². The SMILES string of the molecule is CC(=O)OC[C@H](NC(=O)[C@@H](N)Cc1ccc(O)cc1)C(=O)N[C@@H](CC(C)C)C(=O)O. The molecule has 10 nitrogen and oxygen atoms in total. The number of hydrogen-bond acceptors (Lipinski definition) is 7. The van der Waals surface area contributed by atoms with Crippen LogP contribution in [0.1, 0.15) is 32.8 Å². The average Bonchev–Trinajstić information content (AvgIpc) is 2.65. The molecule has 2 amide bonds. The van der Waals surface area contributed by atoms with Crippen LogP contribution in [0.15, 0.2) is 24.3 Å². The summed E-state index contributed by atoms with van der Waals surface area (Å²) >= 11 is 0. The molecule has 0 radical (unpaired) electrons. The number of phenols is 1. The zero-order valence-corrected chi connectivity index (χ0v) is 17.3. The summed E-state index contributed by atoms with van der Waals surface area (Å²) in [5.74, 6) is -3.26. The van der Waals surface area contributed by atoms with Gasteiger partial charge in [-0.3, -0.25) is 14.4 Å². The molecule has 0 spiro atoms. The van der Waals surface area contributed by atoms with Crippen molar-refractivity contribution in [1.82, 2.24) is 10.6 Å². The molecule has 10 heteroatoms. The van der Waals surface area contributed by atoms with Crippen LogP contribution in [0.3, 0.4) is 0 Å². The number of carbonyl (C=O) groups excluding carboxylic acids is 3. The van der Waals surface area contributed by atoms with Gasteiger partial charge in [0, 0.05) is 6.92 Å². The van der Waals surface area contributed by atoms with Gasteiger partial charge in [0.2, 0.25) is 11.8 Å². The van der Waals surface area contributed by atoms with Gasteiger partial charge in [-0.05, 0) is 36.5 Å². The summed E-state index contributed by atoms with van der Waals surface area (Å²) in [6, 6.07) is 2.65. The largest absolute Gasteiger partial charge is 0.508 e. The first kappa shape index (κ1) is 24.9. The van der Waals surface area contributed by atoms with Crippen LogP contribution in [0, 0.1) is 5.92 Å². The van der Waals surface area contributed by atoms with Gasteiger partial charge in [-0.2, -0.15) is 0 Å². The Hall–Kier alpha value is -3.14.